The zero-order chi connectivity index (χ0) is 25.3. The van der Waals surface area contributed by atoms with E-state index in [4.69, 9.17) is 8.83 Å². The first kappa shape index (κ1) is 23.9. The molecule has 0 aliphatic heterocycles. The van der Waals surface area contributed by atoms with Gasteiger partial charge < -0.3 is 29.3 Å². The normalized spacial score (nSPS) is 13.5. The second-order valence-electron chi connectivity index (χ2n) is 8.15. The van der Waals surface area contributed by atoms with Crippen molar-refractivity contribution in [2.24, 2.45) is 5.41 Å². The fraction of sp³-hybridized carbons (Fsp3) is 0.200. The van der Waals surface area contributed by atoms with Crippen LogP contribution < -0.4 is 11.3 Å². The summed E-state index contributed by atoms with van der Waals surface area (Å²) in [4.78, 5) is 50.6. The summed E-state index contributed by atoms with van der Waals surface area (Å²) in [7, 11) is 0. The summed E-state index contributed by atoms with van der Waals surface area (Å²) in [6.07, 6.45) is 0. The first-order chi connectivity index (χ1) is 16.7. The summed E-state index contributed by atoms with van der Waals surface area (Å²) in [5.41, 5.74) is -5.27. The highest BCUT2D eigenvalue weighted by atomic mass is 16.4. The molecule has 2 heterocycles. The predicted octanol–water partition coefficient (Wildman–Crippen LogP) is 1.91. The number of carbonyl (C=O) groups is 2. The molecule has 4 aromatic rings. The van der Waals surface area contributed by atoms with Gasteiger partial charge in [0, 0.05) is 10.8 Å². The Morgan fingerprint density at radius 3 is 1.43 bits per heavy atom. The van der Waals surface area contributed by atoms with Gasteiger partial charge in [-0.25, -0.2) is 9.59 Å². The van der Waals surface area contributed by atoms with Crippen LogP contribution in [0.25, 0.3) is 21.9 Å². The molecule has 0 saturated heterocycles. The quantitative estimate of drug-likeness (QED) is 0.273. The maximum atomic E-state index is 12.8. The molecule has 0 saturated carbocycles. The lowest BCUT2D eigenvalue weighted by molar-refractivity contribution is -0.153. The van der Waals surface area contributed by atoms with Gasteiger partial charge >= 0.3 is 23.2 Å². The molecule has 0 spiro atoms. The smallest absolute Gasteiger partial charge is 0.340 e. The summed E-state index contributed by atoms with van der Waals surface area (Å²) >= 11 is 0. The van der Waals surface area contributed by atoms with Gasteiger partial charge in [-0.05, 0) is 24.3 Å². The minimum absolute atomic E-state index is 0.161. The van der Waals surface area contributed by atoms with E-state index in [2.05, 4.69) is 0 Å². The van der Waals surface area contributed by atoms with Crippen LogP contribution in [0.4, 0.5) is 0 Å². The van der Waals surface area contributed by atoms with Crippen LogP contribution in [0.5, 0.6) is 0 Å². The third-order valence-electron chi connectivity index (χ3n) is 6.19. The zero-order valence-corrected chi connectivity index (χ0v) is 18.1. The second-order valence-corrected chi connectivity index (χ2v) is 8.15. The number of para-hydroxylation sites is 2. The largest absolute Gasteiger partial charge is 0.481 e. The molecular formula is C25H20O10. The fourth-order valence-corrected chi connectivity index (χ4v) is 4.52. The number of rotatable bonds is 8. The van der Waals surface area contributed by atoms with Gasteiger partial charge in [-0.1, -0.05) is 36.4 Å². The third kappa shape index (κ3) is 3.98. The minimum atomic E-state index is -2.44. The Morgan fingerprint density at radius 1 is 0.714 bits per heavy atom. The van der Waals surface area contributed by atoms with Crippen LogP contribution >= 0.6 is 0 Å². The molecule has 10 heteroatoms. The molecular weight excluding hydrogens is 460 g/mol. The molecule has 0 bridgehead atoms. The predicted molar refractivity (Wildman–Crippen MR) is 122 cm³/mol. The van der Waals surface area contributed by atoms with Crippen molar-refractivity contribution >= 4 is 33.9 Å². The lowest BCUT2D eigenvalue weighted by Gasteiger charge is -2.39. The number of carboxylic acid groups (broad SMARTS) is 2. The van der Waals surface area contributed by atoms with Crippen molar-refractivity contribution < 1.29 is 38.8 Å². The van der Waals surface area contributed by atoms with E-state index in [0.29, 0.717) is 10.8 Å². The molecule has 2 unspecified atom stereocenters. The monoisotopic (exact) mass is 480 g/mol. The first-order valence-electron chi connectivity index (χ1n) is 10.5. The molecule has 0 aliphatic rings. The molecule has 0 aliphatic carbocycles. The van der Waals surface area contributed by atoms with Crippen molar-refractivity contribution in [2.45, 2.75) is 11.8 Å². The molecule has 4 rings (SSSR count). The highest BCUT2D eigenvalue weighted by molar-refractivity contribution is 5.86. The van der Waals surface area contributed by atoms with Crippen LogP contribution in [-0.2, 0) is 9.59 Å². The van der Waals surface area contributed by atoms with Gasteiger partial charge in [0.15, 0.2) is 0 Å². The Labute approximate surface area is 196 Å². The Morgan fingerprint density at radius 2 is 1.09 bits per heavy atom. The number of hydrogen-bond acceptors (Lipinski definition) is 8. The molecule has 2 aromatic carbocycles. The van der Waals surface area contributed by atoms with Crippen LogP contribution in [0.15, 0.2) is 79.1 Å². The summed E-state index contributed by atoms with van der Waals surface area (Å²) in [5, 5.41) is 41.8. The second kappa shape index (κ2) is 9.16. The van der Waals surface area contributed by atoms with E-state index in [0.717, 1.165) is 0 Å². The van der Waals surface area contributed by atoms with Gasteiger partial charge in [-0.2, -0.15) is 0 Å². The van der Waals surface area contributed by atoms with Gasteiger partial charge in [0.1, 0.15) is 11.2 Å². The van der Waals surface area contributed by atoms with Gasteiger partial charge in [0.25, 0.3) is 0 Å². The van der Waals surface area contributed by atoms with Crippen LogP contribution in [0.1, 0.15) is 23.0 Å². The summed E-state index contributed by atoms with van der Waals surface area (Å²) in [6.45, 7) is -2.40. The lowest BCUT2D eigenvalue weighted by Crippen LogP contribution is -2.50. The molecule has 4 N–H and O–H groups in total. The number of hydrogen-bond donors (Lipinski definition) is 4. The minimum Gasteiger partial charge on any atom is -0.481 e. The Kier molecular flexibility index (Phi) is 6.25. The summed E-state index contributed by atoms with van der Waals surface area (Å²) < 4.78 is 10.5. The van der Waals surface area contributed by atoms with Crippen LogP contribution in [0.2, 0.25) is 0 Å². The molecule has 2 aromatic heterocycles. The summed E-state index contributed by atoms with van der Waals surface area (Å²) in [6, 6.07) is 14.9. The van der Waals surface area contributed by atoms with E-state index in [1.807, 2.05) is 0 Å². The molecule has 10 nitrogen and oxygen atoms in total. The molecule has 35 heavy (non-hydrogen) atoms. The van der Waals surface area contributed by atoms with Gasteiger partial charge in [-0.15, -0.1) is 0 Å². The number of benzene rings is 2. The number of aliphatic hydroxyl groups is 2. The highest BCUT2D eigenvalue weighted by Gasteiger charge is 2.55. The van der Waals surface area contributed by atoms with Crippen molar-refractivity contribution in [1.82, 2.24) is 0 Å². The SMILES string of the molecule is O=C(O)C(c1cc2ccccc2oc1=O)C(CO)(CO)C(C(=O)O)c1cc2ccccc2oc1=O. The fourth-order valence-electron chi connectivity index (χ4n) is 4.52. The maximum absolute atomic E-state index is 12.8. The van der Waals surface area contributed by atoms with E-state index >= 15 is 0 Å². The molecule has 2 atom stereocenters. The number of carboxylic acids is 2. The van der Waals surface area contributed by atoms with E-state index in [1.54, 1.807) is 36.4 Å². The number of aliphatic hydroxyl groups excluding tert-OH is 2. The molecule has 0 fully saturated rings. The Balaban J connectivity index is 2.02. The summed E-state index contributed by atoms with van der Waals surface area (Å²) in [5.74, 6) is -7.53. The Bertz CT molecular complexity index is 1430. The molecule has 0 amide bonds. The van der Waals surface area contributed by atoms with E-state index < -0.39 is 64.8 Å². The van der Waals surface area contributed by atoms with Crippen molar-refractivity contribution in [3.8, 4) is 0 Å². The number of aliphatic carboxylic acids is 2. The van der Waals surface area contributed by atoms with E-state index in [1.165, 1.54) is 24.3 Å². The first-order valence-corrected chi connectivity index (χ1v) is 10.5. The van der Waals surface area contributed by atoms with Crippen molar-refractivity contribution in [3.63, 3.8) is 0 Å². The van der Waals surface area contributed by atoms with Crippen molar-refractivity contribution in [2.75, 3.05) is 13.2 Å². The highest BCUT2D eigenvalue weighted by Crippen LogP contribution is 2.46. The van der Waals surface area contributed by atoms with Gasteiger partial charge in [-0.3, -0.25) is 9.59 Å². The van der Waals surface area contributed by atoms with Gasteiger partial charge in [0.05, 0.1) is 41.6 Å². The molecule has 0 radical (unpaired) electrons. The Hall–Kier alpha value is -4.28. The standard InChI is InChI=1S/C25H20O10/c26-11-25(12-27,19(21(28)29)15-9-13-5-1-3-7-17(13)34-23(15)32)20(22(30)31)16-10-14-6-2-4-8-18(14)35-24(16)33/h1-10,19-20,26-27H,11-12H2,(H,28,29)(H,30,31). The van der Waals surface area contributed by atoms with Crippen LogP contribution in [0.3, 0.4) is 0 Å². The van der Waals surface area contributed by atoms with Crippen molar-refractivity contribution in [1.29, 1.82) is 0 Å². The average molecular weight is 480 g/mol. The molecule has 180 valence electrons. The third-order valence-corrected chi connectivity index (χ3v) is 6.19. The van der Waals surface area contributed by atoms with E-state index in [9.17, 15) is 39.6 Å². The lowest BCUT2D eigenvalue weighted by atomic mass is 9.63. The zero-order valence-electron chi connectivity index (χ0n) is 18.1. The average Bonchev–Trinajstić information content (AvgIpc) is 2.83. The topological polar surface area (TPSA) is 175 Å². The van der Waals surface area contributed by atoms with Crippen LogP contribution in [0, 0.1) is 5.41 Å². The number of fused-ring (bicyclic) bond motifs is 2. The van der Waals surface area contributed by atoms with E-state index in [-0.39, 0.29) is 11.2 Å². The van der Waals surface area contributed by atoms with Gasteiger partial charge in [0.2, 0.25) is 0 Å². The van der Waals surface area contributed by atoms with Crippen LogP contribution in [-0.4, -0.2) is 45.6 Å². The van der Waals surface area contributed by atoms with Crippen molar-refractivity contribution in [3.05, 3.63) is 92.6 Å². The maximum Gasteiger partial charge on any atom is 0.340 e.